The topological polar surface area (TPSA) is 23.5 Å². The van der Waals surface area contributed by atoms with Crippen molar-refractivity contribution in [3.63, 3.8) is 0 Å². The van der Waals surface area contributed by atoms with Gasteiger partial charge in [0.15, 0.2) is 0 Å². The fraction of sp³-hybridized carbons (Fsp3) is 1.00. The highest BCUT2D eigenvalue weighted by molar-refractivity contribution is 7.80. The molecule has 2 nitrogen and oxygen atoms in total. The molecule has 0 aromatic rings. The minimum absolute atomic E-state index is 0.251. The van der Waals surface area contributed by atoms with Gasteiger partial charge >= 0.3 is 0 Å². The lowest BCUT2D eigenvalue weighted by atomic mass is 9.94. The Balaban J connectivity index is 2.49. The summed E-state index contributed by atoms with van der Waals surface area (Å²) >= 11 is 4.40. The molecule has 15 heavy (non-hydrogen) atoms. The number of rotatable bonds is 6. The molecular weight excluding hydrogens is 206 g/mol. The van der Waals surface area contributed by atoms with Gasteiger partial charge in [0, 0.05) is 19.1 Å². The normalized spacial score (nSPS) is 19.0. The van der Waals surface area contributed by atoms with Crippen molar-refractivity contribution in [1.82, 2.24) is 4.90 Å². The molecule has 0 radical (unpaired) electrons. The highest BCUT2D eigenvalue weighted by atomic mass is 32.1. The molecule has 1 fully saturated rings. The lowest BCUT2D eigenvalue weighted by Gasteiger charge is -2.35. The molecular formula is C12H25NOS. The summed E-state index contributed by atoms with van der Waals surface area (Å²) in [5.41, 5.74) is 0.251. The van der Waals surface area contributed by atoms with Gasteiger partial charge < -0.3 is 5.11 Å². The zero-order valence-electron chi connectivity index (χ0n) is 10.1. The zero-order valence-corrected chi connectivity index (χ0v) is 11.0. The van der Waals surface area contributed by atoms with E-state index in [0.717, 1.165) is 18.8 Å². The molecule has 0 unspecified atom stereocenters. The number of hydrogen-bond donors (Lipinski definition) is 2. The standard InChI is InChI=1S/C12H25NOS/c1-12(2,10-15)9-13(7-8-14)11-5-3-4-6-11/h11,14-15H,3-10H2,1-2H3. The molecule has 0 aromatic heterocycles. The van der Waals surface area contributed by atoms with Gasteiger partial charge in [-0.2, -0.15) is 12.6 Å². The van der Waals surface area contributed by atoms with Crippen LogP contribution in [0.1, 0.15) is 39.5 Å². The van der Waals surface area contributed by atoms with Crippen molar-refractivity contribution in [2.75, 3.05) is 25.4 Å². The van der Waals surface area contributed by atoms with Crippen LogP contribution in [0.3, 0.4) is 0 Å². The van der Waals surface area contributed by atoms with E-state index in [1.54, 1.807) is 0 Å². The summed E-state index contributed by atoms with van der Waals surface area (Å²) in [6.45, 7) is 6.65. The van der Waals surface area contributed by atoms with Gasteiger partial charge in [-0.1, -0.05) is 26.7 Å². The monoisotopic (exact) mass is 231 g/mol. The van der Waals surface area contributed by atoms with Gasteiger partial charge in [0.25, 0.3) is 0 Å². The average molecular weight is 231 g/mol. The predicted molar refractivity (Wildman–Crippen MR) is 68.5 cm³/mol. The Kier molecular flexibility index (Phi) is 5.44. The first-order valence-electron chi connectivity index (χ1n) is 6.05. The van der Waals surface area contributed by atoms with E-state index in [4.69, 9.17) is 5.11 Å². The smallest absolute Gasteiger partial charge is 0.0558 e. The Morgan fingerprint density at radius 1 is 1.33 bits per heavy atom. The van der Waals surface area contributed by atoms with Gasteiger partial charge in [0.2, 0.25) is 0 Å². The number of aliphatic hydroxyl groups is 1. The van der Waals surface area contributed by atoms with Crippen LogP contribution in [0.4, 0.5) is 0 Å². The van der Waals surface area contributed by atoms with Crippen LogP contribution in [0.5, 0.6) is 0 Å². The third-order valence-corrected chi connectivity index (χ3v) is 4.14. The molecule has 0 saturated heterocycles. The Hall–Kier alpha value is 0.270. The molecule has 0 aromatic carbocycles. The zero-order chi connectivity index (χ0) is 11.3. The Labute approximate surface area is 99.5 Å². The van der Waals surface area contributed by atoms with Crippen LogP contribution in [0.25, 0.3) is 0 Å². The first kappa shape index (κ1) is 13.3. The van der Waals surface area contributed by atoms with Crippen LogP contribution in [-0.2, 0) is 0 Å². The minimum Gasteiger partial charge on any atom is -0.395 e. The second-order valence-corrected chi connectivity index (χ2v) is 5.77. The molecule has 0 aliphatic heterocycles. The van der Waals surface area contributed by atoms with E-state index in [0.29, 0.717) is 6.04 Å². The fourth-order valence-corrected chi connectivity index (χ4v) is 2.49. The van der Waals surface area contributed by atoms with Crippen LogP contribution in [0.2, 0.25) is 0 Å². The number of hydrogen-bond acceptors (Lipinski definition) is 3. The van der Waals surface area contributed by atoms with Gasteiger partial charge in [-0.05, 0) is 24.0 Å². The predicted octanol–water partition coefficient (Wildman–Crippen LogP) is 2.18. The van der Waals surface area contributed by atoms with Crippen LogP contribution >= 0.6 is 12.6 Å². The maximum atomic E-state index is 9.11. The largest absolute Gasteiger partial charge is 0.395 e. The van der Waals surface area contributed by atoms with Crippen molar-refractivity contribution in [2.24, 2.45) is 5.41 Å². The Bertz CT molecular complexity index is 178. The van der Waals surface area contributed by atoms with E-state index in [-0.39, 0.29) is 12.0 Å². The molecule has 0 amide bonds. The number of nitrogens with zero attached hydrogens (tertiary/aromatic N) is 1. The first-order chi connectivity index (χ1) is 7.09. The third kappa shape index (κ3) is 4.33. The van der Waals surface area contributed by atoms with Crippen molar-refractivity contribution < 1.29 is 5.11 Å². The molecule has 90 valence electrons. The van der Waals surface area contributed by atoms with Crippen molar-refractivity contribution in [3.8, 4) is 0 Å². The molecule has 3 heteroatoms. The minimum atomic E-state index is 0.251. The second kappa shape index (κ2) is 6.12. The van der Waals surface area contributed by atoms with Crippen molar-refractivity contribution >= 4 is 12.6 Å². The SMILES string of the molecule is CC(C)(CS)CN(CCO)C1CCCC1. The summed E-state index contributed by atoms with van der Waals surface area (Å²) in [7, 11) is 0. The molecule has 1 saturated carbocycles. The van der Waals surface area contributed by atoms with Gasteiger partial charge in [-0.25, -0.2) is 0 Å². The summed E-state index contributed by atoms with van der Waals surface area (Å²) in [4.78, 5) is 2.46. The highest BCUT2D eigenvalue weighted by Gasteiger charge is 2.27. The maximum Gasteiger partial charge on any atom is 0.0558 e. The molecule has 1 aliphatic carbocycles. The van der Waals surface area contributed by atoms with Crippen molar-refractivity contribution in [1.29, 1.82) is 0 Å². The molecule has 1 rings (SSSR count). The maximum absolute atomic E-state index is 9.11. The van der Waals surface area contributed by atoms with Gasteiger partial charge in [-0.15, -0.1) is 0 Å². The molecule has 0 atom stereocenters. The summed E-state index contributed by atoms with van der Waals surface area (Å²) in [6.07, 6.45) is 5.33. The van der Waals surface area contributed by atoms with Crippen LogP contribution < -0.4 is 0 Å². The Morgan fingerprint density at radius 3 is 2.40 bits per heavy atom. The second-order valence-electron chi connectivity index (χ2n) is 5.45. The van der Waals surface area contributed by atoms with E-state index < -0.39 is 0 Å². The molecule has 1 aliphatic rings. The average Bonchev–Trinajstić information content (AvgIpc) is 2.70. The summed E-state index contributed by atoms with van der Waals surface area (Å²) < 4.78 is 0. The van der Waals surface area contributed by atoms with Gasteiger partial charge in [0.05, 0.1) is 6.61 Å². The van der Waals surface area contributed by atoms with Crippen LogP contribution in [0, 0.1) is 5.41 Å². The van der Waals surface area contributed by atoms with Crippen molar-refractivity contribution in [2.45, 2.75) is 45.6 Å². The highest BCUT2D eigenvalue weighted by Crippen LogP contribution is 2.27. The summed E-state index contributed by atoms with van der Waals surface area (Å²) in [5.74, 6) is 0.904. The quantitative estimate of drug-likeness (QED) is 0.685. The Morgan fingerprint density at radius 2 is 1.93 bits per heavy atom. The number of aliphatic hydroxyl groups excluding tert-OH is 1. The fourth-order valence-electron chi connectivity index (χ4n) is 2.39. The molecule has 0 heterocycles. The van der Waals surface area contributed by atoms with Crippen molar-refractivity contribution in [3.05, 3.63) is 0 Å². The number of thiol groups is 1. The molecule has 0 spiro atoms. The van der Waals surface area contributed by atoms with Crippen LogP contribution in [-0.4, -0.2) is 41.5 Å². The van der Waals surface area contributed by atoms with Gasteiger partial charge in [-0.3, -0.25) is 4.90 Å². The van der Waals surface area contributed by atoms with E-state index >= 15 is 0 Å². The lowest BCUT2D eigenvalue weighted by Crippen LogP contribution is -2.42. The van der Waals surface area contributed by atoms with E-state index in [1.807, 2.05) is 0 Å². The lowest BCUT2D eigenvalue weighted by molar-refractivity contribution is 0.113. The van der Waals surface area contributed by atoms with Crippen LogP contribution in [0.15, 0.2) is 0 Å². The van der Waals surface area contributed by atoms with E-state index in [1.165, 1.54) is 25.7 Å². The van der Waals surface area contributed by atoms with E-state index in [9.17, 15) is 0 Å². The molecule has 1 N–H and O–H groups in total. The third-order valence-electron chi connectivity index (χ3n) is 3.29. The van der Waals surface area contributed by atoms with Gasteiger partial charge in [0.1, 0.15) is 0 Å². The summed E-state index contributed by atoms with van der Waals surface area (Å²) in [5, 5.41) is 9.11. The summed E-state index contributed by atoms with van der Waals surface area (Å²) in [6, 6.07) is 0.705. The first-order valence-corrected chi connectivity index (χ1v) is 6.68. The van der Waals surface area contributed by atoms with E-state index in [2.05, 4.69) is 31.4 Å². The molecule has 0 bridgehead atoms.